The molecule has 1 aromatic heterocycles. The summed E-state index contributed by atoms with van der Waals surface area (Å²) in [5.41, 5.74) is 4.36. The Balaban J connectivity index is 0.848. The van der Waals surface area contributed by atoms with Gasteiger partial charge < -0.3 is 44.9 Å². The topological polar surface area (TPSA) is 149 Å². The van der Waals surface area contributed by atoms with Crippen LogP contribution in [-0.2, 0) is 38.4 Å². The van der Waals surface area contributed by atoms with Gasteiger partial charge in [0.15, 0.2) is 12.4 Å². The zero-order valence-electron chi connectivity index (χ0n) is 31.0. The smallest absolute Gasteiger partial charge is 0.262 e. The fraction of sp³-hybridized carbons (Fsp3) is 0.525. The van der Waals surface area contributed by atoms with Gasteiger partial charge in [-0.25, -0.2) is 4.98 Å². The van der Waals surface area contributed by atoms with E-state index >= 15 is 0 Å². The lowest BCUT2D eigenvalue weighted by molar-refractivity contribution is -0.131. The first-order valence-electron chi connectivity index (χ1n) is 18.8. The van der Waals surface area contributed by atoms with Crippen molar-refractivity contribution >= 4 is 23.3 Å². The third kappa shape index (κ3) is 10.2. The van der Waals surface area contributed by atoms with E-state index in [1.807, 2.05) is 6.20 Å². The summed E-state index contributed by atoms with van der Waals surface area (Å²) in [7, 11) is 1.75. The lowest BCUT2D eigenvalue weighted by atomic mass is 9.89. The third-order valence-corrected chi connectivity index (χ3v) is 10.5. The number of anilines is 2. The second kappa shape index (κ2) is 18.2. The number of fused-ring (bicyclic) bond motifs is 1. The monoisotopic (exact) mass is 730 g/mol. The highest BCUT2D eigenvalue weighted by molar-refractivity contribution is 5.97. The highest BCUT2D eigenvalue weighted by Gasteiger charge is 2.40. The Bertz CT molecular complexity index is 1700. The number of pyridine rings is 1. The van der Waals surface area contributed by atoms with Gasteiger partial charge in [-0.2, -0.15) is 0 Å². The molecule has 0 radical (unpaired) electrons. The molecule has 0 bridgehead atoms. The number of hydrogen-bond donors (Lipinski definition) is 4. The number of piperidine rings is 1. The first-order chi connectivity index (χ1) is 25.7. The number of aromatic nitrogens is 1. The maximum absolute atomic E-state index is 12.7. The van der Waals surface area contributed by atoms with Crippen LogP contribution in [0.15, 0.2) is 54.7 Å². The number of carbonyl (C=O) groups excluding carboxylic acids is 2. The number of amides is 2. The van der Waals surface area contributed by atoms with Gasteiger partial charge >= 0.3 is 0 Å². The highest BCUT2D eigenvalue weighted by atomic mass is 16.5. The number of ether oxygens (including phenoxy) is 3. The third-order valence-electron chi connectivity index (χ3n) is 10.5. The quantitative estimate of drug-likeness (QED) is 0.127. The van der Waals surface area contributed by atoms with Crippen molar-refractivity contribution in [3.05, 3.63) is 77.0 Å². The van der Waals surface area contributed by atoms with Crippen LogP contribution in [0.1, 0.15) is 54.5 Å². The Morgan fingerprint density at radius 2 is 1.94 bits per heavy atom. The second-order valence-electron chi connectivity index (χ2n) is 14.3. The summed E-state index contributed by atoms with van der Waals surface area (Å²) < 4.78 is 17.7. The molecule has 1 spiro atoms. The number of benzene rings is 2. The fourth-order valence-corrected chi connectivity index (χ4v) is 7.26. The van der Waals surface area contributed by atoms with E-state index in [9.17, 15) is 19.8 Å². The summed E-state index contributed by atoms with van der Waals surface area (Å²) in [6.45, 7) is 9.48. The van der Waals surface area contributed by atoms with Crippen LogP contribution >= 0.6 is 0 Å². The molecule has 13 heteroatoms. The largest absolute Gasteiger partial charge is 0.506 e. The number of aliphatic hydroxyl groups excluding tert-OH is 1. The van der Waals surface area contributed by atoms with Crippen LogP contribution in [0.2, 0.25) is 0 Å². The normalized spacial score (nSPS) is 17.6. The molecule has 53 heavy (non-hydrogen) atoms. The number of carbonyl (C=O) groups is 2. The summed E-state index contributed by atoms with van der Waals surface area (Å²) in [6, 6.07) is 16.0. The Hall–Kier alpha value is -4.27. The molecule has 3 aromatic rings. The molecule has 13 nitrogen and oxygen atoms in total. The number of likely N-dealkylation sites (tertiary alicyclic amines) is 1. The second-order valence-corrected chi connectivity index (χ2v) is 14.3. The molecule has 0 aliphatic carbocycles. The van der Waals surface area contributed by atoms with Gasteiger partial charge in [0, 0.05) is 71.2 Å². The lowest BCUT2D eigenvalue weighted by Gasteiger charge is -2.47. The van der Waals surface area contributed by atoms with Crippen molar-refractivity contribution in [2.24, 2.45) is 0 Å². The van der Waals surface area contributed by atoms with Gasteiger partial charge in [-0.1, -0.05) is 31.2 Å². The zero-order chi connectivity index (χ0) is 37.2. The molecular formula is C40H54N6O7. The minimum absolute atomic E-state index is 0.0110. The van der Waals surface area contributed by atoms with Crippen LogP contribution in [0, 0.1) is 0 Å². The summed E-state index contributed by atoms with van der Waals surface area (Å²) in [4.78, 5) is 35.5. The van der Waals surface area contributed by atoms with E-state index in [-0.39, 0.29) is 47.8 Å². The van der Waals surface area contributed by atoms with Gasteiger partial charge in [-0.05, 0) is 66.6 Å². The molecule has 286 valence electrons. The molecule has 6 rings (SSSR count). The maximum atomic E-state index is 12.7. The number of morpholine rings is 1. The number of nitrogens with one attached hydrogen (secondary N) is 2. The molecule has 2 aromatic carbocycles. The molecule has 2 fully saturated rings. The van der Waals surface area contributed by atoms with Crippen LogP contribution in [0.25, 0.3) is 0 Å². The Morgan fingerprint density at radius 3 is 2.77 bits per heavy atom. The van der Waals surface area contributed by atoms with E-state index in [0.717, 1.165) is 70.8 Å². The summed E-state index contributed by atoms with van der Waals surface area (Å²) in [6.07, 6.45) is 5.11. The van der Waals surface area contributed by atoms with E-state index in [2.05, 4.69) is 68.7 Å². The van der Waals surface area contributed by atoms with Crippen molar-refractivity contribution in [2.45, 2.75) is 57.3 Å². The van der Waals surface area contributed by atoms with E-state index in [4.69, 9.17) is 14.2 Å². The van der Waals surface area contributed by atoms with Gasteiger partial charge in [-0.3, -0.25) is 14.5 Å². The predicted octanol–water partition coefficient (Wildman–Crippen LogP) is 3.28. The fourth-order valence-electron chi connectivity index (χ4n) is 7.26. The summed E-state index contributed by atoms with van der Waals surface area (Å²) in [5.74, 6) is 0.828. The first-order valence-corrected chi connectivity index (χ1v) is 18.8. The number of aryl methyl sites for hydroxylation is 1. The van der Waals surface area contributed by atoms with Crippen molar-refractivity contribution in [1.29, 1.82) is 0 Å². The van der Waals surface area contributed by atoms with Gasteiger partial charge in [-0.15, -0.1) is 0 Å². The van der Waals surface area contributed by atoms with Gasteiger partial charge in [0.2, 0.25) is 5.91 Å². The van der Waals surface area contributed by atoms with E-state index in [0.29, 0.717) is 38.3 Å². The number of nitrogens with zero attached hydrogens (tertiary/aromatic N) is 4. The number of likely N-dealkylation sites (N-methyl/N-ethyl adjacent to an activating group) is 1. The maximum Gasteiger partial charge on any atom is 0.262 e. The average Bonchev–Trinajstić information content (AvgIpc) is 3.17. The zero-order valence-corrected chi connectivity index (χ0v) is 31.0. The lowest BCUT2D eigenvalue weighted by Crippen LogP contribution is -2.57. The Kier molecular flexibility index (Phi) is 13.2. The molecule has 0 unspecified atom stereocenters. The molecule has 0 saturated carbocycles. The SMILES string of the molecule is CCc1ccnc(N2CCOC3(CCN(Cc4cccc(CCOCCC(=O)N(C)CCNC[C@H](O)c5ccc(O)c6c5OCC(=O)N6)c4)CC3)C2)c1. The van der Waals surface area contributed by atoms with Gasteiger partial charge in [0.05, 0.1) is 37.9 Å². The predicted molar refractivity (Wildman–Crippen MR) is 202 cm³/mol. The van der Waals surface area contributed by atoms with Gasteiger partial charge in [0.25, 0.3) is 5.91 Å². The van der Waals surface area contributed by atoms with E-state index in [1.54, 1.807) is 18.0 Å². The average molecular weight is 731 g/mol. The number of phenolic OH excluding ortho intramolecular Hbond substituents is 1. The number of hydrogen-bond acceptors (Lipinski definition) is 11. The van der Waals surface area contributed by atoms with Crippen molar-refractivity contribution in [2.75, 3.05) is 89.5 Å². The van der Waals surface area contributed by atoms with E-state index < -0.39 is 6.10 Å². The van der Waals surface area contributed by atoms with Crippen LogP contribution in [0.5, 0.6) is 11.5 Å². The van der Waals surface area contributed by atoms with Crippen LogP contribution in [0.4, 0.5) is 11.5 Å². The molecule has 1 atom stereocenters. The number of aromatic hydroxyl groups is 1. The van der Waals surface area contributed by atoms with Crippen molar-refractivity contribution in [3.8, 4) is 11.5 Å². The van der Waals surface area contributed by atoms with E-state index in [1.165, 1.54) is 22.8 Å². The van der Waals surface area contributed by atoms with Crippen molar-refractivity contribution in [3.63, 3.8) is 0 Å². The molecular weight excluding hydrogens is 676 g/mol. The molecule has 4 heterocycles. The summed E-state index contributed by atoms with van der Waals surface area (Å²) >= 11 is 0. The molecule has 2 amide bonds. The molecule has 4 N–H and O–H groups in total. The minimum atomic E-state index is -0.928. The first kappa shape index (κ1) is 38.5. The van der Waals surface area contributed by atoms with Crippen LogP contribution in [0.3, 0.4) is 0 Å². The number of rotatable bonds is 16. The van der Waals surface area contributed by atoms with Crippen molar-refractivity contribution in [1.82, 2.24) is 20.1 Å². The van der Waals surface area contributed by atoms with Gasteiger partial charge in [0.1, 0.15) is 17.3 Å². The minimum Gasteiger partial charge on any atom is -0.506 e. The summed E-state index contributed by atoms with van der Waals surface area (Å²) in [5, 5.41) is 26.5. The Morgan fingerprint density at radius 1 is 1.11 bits per heavy atom. The molecule has 2 saturated heterocycles. The molecule has 3 aliphatic heterocycles. The van der Waals surface area contributed by atoms with Crippen LogP contribution < -0.4 is 20.3 Å². The Labute approximate surface area is 312 Å². The number of phenols is 1. The number of aliphatic hydroxyl groups is 1. The van der Waals surface area contributed by atoms with Crippen LogP contribution in [-0.4, -0.2) is 122 Å². The highest BCUT2D eigenvalue weighted by Crippen LogP contribution is 2.41. The van der Waals surface area contributed by atoms with Crippen molar-refractivity contribution < 1.29 is 34.0 Å². The molecule has 3 aliphatic rings. The standard InChI is InChI=1S/C40H54N6O7/c1-3-29-9-14-42-35(24-29)46-19-22-53-40(28-46)12-16-45(17-13-40)26-31-6-4-5-30(23-31)10-20-51-21-11-37(50)44(2)18-15-41-25-34(48)32-7-8-33(47)38-39(32)52-27-36(49)43-38/h4-9,14,23-24,34,41,47-48H,3,10-13,15-22,25-28H2,1-2H3,(H,43,49)/t34-/m0/s1.